The summed E-state index contributed by atoms with van der Waals surface area (Å²) < 4.78 is 6.41. The lowest BCUT2D eigenvalue weighted by Gasteiger charge is -2.16. The van der Waals surface area contributed by atoms with Gasteiger partial charge in [0.1, 0.15) is 18.5 Å². The van der Waals surface area contributed by atoms with Crippen LogP contribution in [-0.2, 0) is 0 Å². The van der Waals surface area contributed by atoms with E-state index in [4.69, 9.17) is 4.74 Å². The van der Waals surface area contributed by atoms with Gasteiger partial charge in [-0.25, -0.2) is 0 Å². The molecule has 0 saturated heterocycles. The monoisotopic (exact) mass is 343 g/mol. The van der Waals surface area contributed by atoms with Crippen molar-refractivity contribution in [1.82, 2.24) is 5.32 Å². The van der Waals surface area contributed by atoms with Crippen molar-refractivity contribution in [2.45, 2.75) is 39.3 Å². The van der Waals surface area contributed by atoms with Crippen molar-refractivity contribution in [1.29, 1.82) is 0 Å². The van der Waals surface area contributed by atoms with Crippen molar-refractivity contribution < 1.29 is 14.6 Å². The summed E-state index contributed by atoms with van der Waals surface area (Å²) in [6.45, 7) is 6.46. The highest BCUT2D eigenvalue weighted by atomic mass is 79.9. The Morgan fingerprint density at radius 3 is 2.75 bits per heavy atom. The third-order valence-corrected chi connectivity index (χ3v) is 3.25. The lowest BCUT2D eigenvalue weighted by atomic mass is 10.1. The van der Waals surface area contributed by atoms with Crippen molar-refractivity contribution in [3.05, 3.63) is 28.2 Å². The van der Waals surface area contributed by atoms with E-state index in [9.17, 15) is 9.90 Å². The van der Waals surface area contributed by atoms with E-state index in [2.05, 4.69) is 21.2 Å². The number of nitrogens with one attached hydrogen (secondary N) is 1. The zero-order valence-corrected chi connectivity index (χ0v) is 13.7. The minimum Gasteiger partial charge on any atom is -0.490 e. The normalized spacial score (nSPS) is 12.5. The topological polar surface area (TPSA) is 58.6 Å². The Balaban J connectivity index is 2.65. The molecule has 4 nitrogen and oxygen atoms in total. The molecule has 112 valence electrons. The Kier molecular flexibility index (Phi) is 7.19. The number of hydrogen-bond acceptors (Lipinski definition) is 4. The molecular weight excluding hydrogens is 322 g/mol. The van der Waals surface area contributed by atoms with E-state index < -0.39 is 6.10 Å². The fourth-order valence-electron chi connectivity index (χ4n) is 1.65. The number of Topliss-reactive ketones (excluding diaryl/α,β-unsaturated/α-hetero) is 1. The minimum atomic E-state index is -0.606. The van der Waals surface area contributed by atoms with Crippen LogP contribution in [-0.4, -0.2) is 36.2 Å². The average molecular weight is 344 g/mol. The van der Waals surface area contributed by atoms with Crippen LogP contribution in [0, 0.1) is 0 Å². The smallest absolute Gasteiger partial charge is 0.166 e. The molecule has 0 fully saturated rings. The van der Waals surface area contributed by atoms with Crippen LogP contribution in [0.5, 0.6) is 5.75 Å². The molecule has 5 heteroatoms. The van der Waals surface area contributed by atoms with Gasteiger partial charge in [0.2, 0.25) is 0 Å². The number of rotatable bonds is 8. The summed E-state index contributed by atoms with van der Waals surface area (Å²) in [7, 11) is 0. The molecule has 1 rings (SSSR count). The second-order valence-corrected chi connectivity index (χ2v) is 5.86. The molecule has 1 unspecified atom stereocenters. The van der Waals surface area contributed by atoms with E-state index in [0.717, 1.165) is 4.47 Å². The number of aliphatic hydroxyl groups excluding tert-OH is 1. The van der Waals surface area contributed by atoms with E-state index in [1.54, 1.807) is 12.1 Å². The second kappa shape index (κ2) is 8.39. The highest BCUT2D eigenvalue weighted by Gasteiger charge is 2.13. The molecule has 1 aromatic carbocycles. The molecule has 0 aliphatic heterocycles. The average Bonchev–Trinajstić information content (AvgIpc) is 2.42. The van der Waals surface area contributed by atoms with Crippen molar-refractivity contribution in [3.8, 4) is 5.75 Å². The highest BCUT2D eigenvalue weighted by Crippen LogP contribution is 2.24. The second-order valence-electron chi connectivity index (χ2n) is 4.94. The van der Waals surface area contributed by atoms with E-state index in [-0.39, 0.29) is 12.4 Å². The van der Waals surface area contributed by atoms with E-state index in [0.29, 0.717) is 30.3 Å². The first-order valence-electron chi connectivity index (χ1n) is 6.81. The number of ether oxygens (including phenoxy) is 1. The van der Waals surface area contributed by atoms with Gasteiger partial charge in [-0.3, -0.25) is 4.79 Å². The quantitative estimate of drug-likeness (QED) is 0.712. The molecule has 0 aliphatic carbocycles. The predicted molar refractivity (Wildman–Crippen MR) is 83.4 cm³/mol. The minimum absolute atomic E-state index is 0.0242. The number of benzene rings is 1. The summed E-state index contributed by atoms with van der Waals surface area (Å²) in [4.78, 5) is 11.9. The lowest BCUT2D eigenvalue weighted by molar-refractivity contribution is 0.0950. The number of carbonyl (C=O) groups excluding carboxylic acids is 1. The van der Waals surface area contributed by atoms with Gasteiger partial charge in [-0.15, -0.1) is 0 Å². The van der Waals surface area contributed by atoms with Gasteiger partial charge in [0, 0.05) is 23.5 Å². The van der Waals surface area contributed by atoms with Crippen molar-refractivity contribution in [3.63, 3.8) is 0 Å². The largest absolute Gasteiger partial charge is 0.490 e. The van der Waals surface area contributed by atoms with Gasteiger partial charge in [-0.2, -0.15) is 0 Å². The summed E-state index contributed by atoms with van der Waals surface area (Å²) >= 11 is 3.35. The molecule has 0 amide bonds. The van der Waals surface area contributed by atoms with Gasteiger partial charge in [-0.05, 0) is 18.2 Å². The summed E-state index contributed by atoms with van der Waals surface area (Å²) in [6.07, 6.45) is -0.185. The number of hydrogen-bond donors (Lipinski definition) is 2. The zero-order valence-electron chi connectivity index (χ0n) is 12.1. The number of aliphatic hydroxyl groups is 1. The Morgan fingerprint density at radius 1 is 1.45 bits per heavy atom. The SMILES string of the molecule is CCC(=O)c1cc(Br)ccc1OCC(O)CNC(C)C. The summed E-state index contributed by atoms with van der Waals surface area (Å²) in [5, 5.41) is 13.0. The lowest BCUT2D eigenvalue weighted by Crippen LogP contribution is -2.35. The molecule has 0 heterocycles. The first kappa shape index (κ1) is 17.1. The van der Waals surface area contributed by atoms with Gasteiger partial charge >= 0.3 is 0 Å². The Morgan fingerprint density at radius 2 is 2.15 bits per heavy atom. The number of ketones is 1. The Labute approximate surface area is 128 Å². The molecule has 0 saturated carbocycles. The van der Waals surface area contributed by atoms with Crippen LogP contribution in [0.15, 0.2) is 22.7 Å². The molecule has 1 atom stereocenters. The standard InChI is InChI=1S/C15H22BrNO3/c1-4-14(19)13-7-11(16)5-6-15(13)20-9-12(18)8-17-10(2)3/h5-7,10,12,17-18H,4,8-9H2,1-3H3. The van der Waals surface area contributed by atoms with Crippen LogP contribution >= 0.6 is 15.9 Å². The molecule has 0 aromatic heterocycles. The fourth-order valence-corrected chi connectivity index (χ4v) is 2.01. The van der Waals surface area contributed by atoms with Crippen LogP contribution in [0.2, 0.25) is 0 Å². The zero-order chi connectivity index (χ0) is 15.1. The van der Waals surface area contributed by atoms with Gasteiger partial charge in [0.05, 0.1) is 5.56 Å². The molecule has 1 aromatic rings. The third-order valence-electron chi connectivity index (χ3n) is 2.76. The van der Waals surface area contributed by atoms with Crippen LogP contribution < -0.4 is 10.1 Å². The predicted octanol–water partition coefficient (Wildman–Crippen LogP) is 2.78. The first-order valence-corrected chi connectivity index (χ1v) is 7.60. The van der Waals surface area contributed by atoms with Crippen LogP contribution in [0.25, 0.3) is 0 Å². The maximum absolute atomic E-state index is 11.9. The van der Waals surface area contributed by atoms with Gasteiger partial charge < -0.3 is 15.2 Å². The molecule has 0 bridgehead atoms. The molecule has 0 aliphatic rings. The summed E-state index contributed by atoms with van der Waals surface area (Å²) in [5.74, 6) is 0.541. The van der Waals surface area contributed by atoms with E-state index in [1.165, 1.54) is 0 Å². The van der Waals surface area contributed by atoms with Crippen molar-refractivity contribution >= 4 is 21.7 Å². The van der Waals surface area contributed by atoms with E-state index in [1.807, 2.05) is 26.8 Å². The Bertz CT molecular complexity index is 449. The molecule has 20 heavy (non-hydrogen) atoms. The molecule has 0 radical (unpaired) electrons. The van der Waals surface area contributed by atoms with Gasteiger partial charge in [0.15, 0.2) is 5.78 Å². The van der Waals surface area contributed by atoms with Crippen molar-refractivity contribution in [2.75, 3.05) is 13.2 Å². The van der Waals surface area contributed by atoms with Crippen LogP contribution in [0.3, 0.4) is 0 Å². The fraction of sp³-hybridized carbons (Fsp3) is 0.533. The maximum Gasteiger partial charge on any atom is 0.166 e. The number of carbonyl (C=O) groups is 1. The Hall–Kier alpha value is -0.910. The maximum atomic E-state index is 11.9. The van der Waals surface area contributed by atoms with Crippen molar-refractivity contribution in [2.24, 2.45) is 0 Å². The molecular formula is C15H22BrNO3. The number of halogens is 1. The summed E-state index contributed by atoms with van der Waals surface area (Å²) in [6, 6.07) is 5.63. The van der Waals surface area contributed by atoms with Crippen LogP contribution in [0.4, 0.5) is 0 Å². The highest BCUT2D eigenvalue weighted by molar-refractivity contribution is 9.10. The van der Waals surface area contributed by atoms with Crippen LogP contribution in [0.1, 0.15) is 37.6 Å². The molecule has 2 N–H and O–H groups in total. The first-order chi connectivity index (χ1) is 9.43. The van der Waals surface area contributed by atoms with E-state index >= 15 is 0 Å². The van der Waals surface area contributed by atoms with Gasteiger partial charge in [-0.1, -0.05) is 36.7 Å². The van der Waals surface area contributed by atoms with Gasteiger partial charge in [0.25, 0.3) is 0 Å². The molecule has 0 spiro atoms. The third kappa shape index (κ3) is 5.61. The summed E-state index contributed by atoms with van der Waals surface area (Å²) in [5.41, 5.74) is 0.547.